The molecule has 0 saturated carbocycles. The number of ether oxygens (including phenoxy) is 1. The van der Waals surface area contributed by atoms with Crippen LogP contribution in [0.15, 0.2) is 30.3 Å². The van der Waals surface area contributed by atoms with Gasteiger partial charge in [-0.15, -0.1) is 0 Å². The van der Waals surface area contributed by atoms with Gasteiger partial charge in [0.15, 0.2) is 6.10 Å². The fourth-order valence-corrected chi connectivity index (χ4v) is 1.60. The molecule has 0 N–H and O–H groups in total. The first kappa shape index (κ1) is 13.2. The van der Waals surface area contributed by atoms with E-state index in [1.807, 2.05) is 43.3 Å². The van der Waals surface area contributed by atoms with Gasteiger partial charge in [-0.2, -0.15) is 5.26 Å². The first-order valence-electron chi connectivity index (χ1n) is 5.48. The number of nitrogens with zero attached hydrogens (tertiary/aromatic N) is 2. The third-order valence-electron chi connectivity index (χ3n) is 2.52. The molecule has 0 radical (unpaired) electrons. The van der Waals surface area contributed by atoms with Gasteiger partial charge in [-0.3, -0.25) is 4.79 Å². The van der Waals surface area contributed by atoms with E-state index in [9.17, 15) is 4.79 Å². The highest BCUT2D eigenvalue weighted by atomic mass is 16.5. The van der Waals surface area contributed by atoms with Crippen LogP contribution < -0.4 is 0 Å². The monoisotopic (exact) mass is 232 g/mol. The Kier molecular flexibility index (Phi) is 5.18. The summed E-state index contributed by atoms with van der Waals surface area (Å²) in [6.45, 7) is 2.42. The molecule has 1 rings (SSSR count). The predicted octanol–water partition coefficient (Wildman–Crippen LogP) is 1.75. The highest BCUT2D eigenvalue weighted by Gasteiger charge is 2.24. The lowest BCUT2D eigenvalue weighted by Gasteiger charge is -2.23. The SMILES string of the molecule is CCN(CC#N)C(=O)C(OC)c1ccccc1. The van der Waals surface area contributed by atoms with E-state index in [1.54, 1.807) is 0 Å². The third kappa shape index (κ3) is 3.30. The molecule has 1 atom stereocenters. The summed E-state index contributed by atoms with van der Waals surface area (Å²) in [7, 11) is 1.50. The molecule has 4 heteroatoms. The molecule has 0 saturated heterocycles. The average Bonchev–Trinajstić information content (AvgIpc) is 2.38. The number of carbonyl (C=O) groups excluding carboxylic acids is 1. The number of hydrogen-bond donors (Lipinski definition) is 0. The first-order valence-corrected chi connectivity index (χ1v) is 5.48. The van der Waals surface area contributed by atoms with Crippen LogP contribution in [0.5, 0.6) is 0 Å². The van der Waals surface area contributed by atoms with E-state index in [-0.39, 0.29) is 12.5 Å². The van der Waals surface area contributed by atoms with Crippen LogP contribution in [0.1, 0.15) is 18.6 Å². The highest BCUT2D eigenvalue weighted by Crippen LogP contribution is 2.18. The van der Waals surface area contributed by atoms with Gasteiger partial charge in [0.2, 0.25) is 0 Å². The van der Waals surface area contributed by atoms with Crippen molar-refractivity contribution in [3.63, 3.8) is 0 Å². The molecule has 0 bridgehead atoms. The number of benzene rings is 1. The van der Waals surface area contributed by atoms with Crippen LogP contribution in [0.25, 0.3) is 0 Å². The molecule has 0 aliphatic carbocycles. The van der Waals surface area contributed by atoms with Crippen LogP contribution in [0.3, 0.4) is 0 Å². The maximum Gasteiger partial charge on any atom is 0.257 e. The van der Waals surface area contributed by atoms with Gasteiger partial charge in [0.05, 0.1) is 6.07 Å². The van der Waals surface area contributed by atoms with Gasteiger partial charge in [-0.05, 0) is 12.5 Å². The Balaban J connectivity index is 2.88. The molecule has 0 fully saturated rings. The molecule has 0 aliphatic heterocycles. The minimum Gasteiger partial charge on any atom is -0.367 e. The second kappa shape index (κ2) is 6.66. The summed E-state index contributed by atoms with van der Waals surface area (Å²) in [5.74, 6) is -0.178. The van der Waals surface area contributed by atoms with E-state index < -0.39 is 6.10 Å². The predicted molar refractivity (Wildman–Crippen MR) is 64.1 cm³/mol. The molecule has 1 amide bonds. The number of amides is 1. The Hall–Kier alpha value is -1.86. The number of hydrogen-bond acceptors (Lipinski definition) is 3. The molecule has 0 spiro atoms. The molecule has 4 nitrogen and oxygen atoms in total. The Morgan fingerprint density at radius 1 is 1.47 bits per heavy atom. The van der Waals surface area contributed by atoms with Gasteiger partial charge in [0.1, 0.15) is 6.54 Å². The minimum absolute atomic E-state index is 0.0853. The lowest BCUT2D eigenvalue weighted by Crippen LogP contribution is -2.36. The van der Waals surface area contributed by atoms with Gasteiger partial charge in [0, 0.05) is 13.7 Å². The molecule has 90 valence electrons. The number of likely N-dealkylation sites (N-methyl/N-ethyl adjacent to an activating group) is 1. The third-order valence-corrected chi connectivity index (χ3v) is 2.52. The van der Waals surface area contributed by atoms with Crippen molar-refractivity contribution in [3.8, 4) is 6.07 Å². The molecule has 0 heterocycles. The fourth-order valence-electron chi connectivity index (χ4n) is 1.60. The van der Waals surface area contributed by atoms with Crippen molar-refractivity contribution in [2.45, 2.75) is 13.0 Å². The van der Waals surface area contributed by atoms with E-state index in [4.69, 9.17) is 10.00 Å². The van der Waals surface area contributed by atoms with Gasteiger partial charge in [0.25, 0.3) is 5.91 Å². The van der Waals surface area contributed by atoms with Gasteiger partial charge >= 0.3 is 0 Å². The van der Waals surface area contributed by atoms with Crippen molar-refractivity contribution in [2.24, 2.45) is 0 Å². The summed E-state index contributed by atoms with van der Waals surface area (Å²) in [6.07, 6.45) is -0.635. The van der Waals surface area contributed by atoms with Crippen molar-refractivity contribution in [3.05, 3.63) is 35.9 Å². The normalized spacial score (nSPS) is 11.6. The van der Waals surface area contributed by atoms with E-state index in [0.29, 0.717) is 6.54 Å². The summed E-state index contributed by atoms with van der Waals surface area (Å²) in [4.78, 5) is 13.6. The highest BCUT2D eigenvalue weighted by molar-refractivity contribution is 5.82. The Morgan fingerprint density at radius 3 is 2.59 bits per heavy atom. The van der Waals surface area contributed by atoms with Crippen molar-refractivity contribution < 1.29 is 9.53 Å². The van der Waals surface area contributed by atoms with Crippen LogP contribution in [0.4, 0.5) is 0 Å². The zero-order chi connectivity index (χ0) is 12.7. The Bertz CT molecular complexity index is 398. The summed E-state index contributed by atoms with van der Waals surface area (Å²) < 4.78 is 5.23. The lowest BCUT2D eigenvalue weighted by atomic mass is 10.1. The van der Waals surface area contributed by atoms with E-state index in [0.717, 1.165) is 5.56 Å². The zero-order valence-corrected chi connectivity index (χ0v) is 10.1. The van der Waals surface area contributed by atoms with Crippen molar-refractivity contribution in [1.82, 2.24) is 4.90 Å². The number of nitriles is 1. The van der Waals surface area contributed by atoms with E-state index >= 15 is 0 Å². The van der Waals surface area contributed by atoms with Gasteiger partial charge in [-0.25, -0.2) is 0 Å². The van der Waals surface area contributed by atoms with E-state index in [1.165, 1.54) is 12.0 Å². The summed E-state index contributed by atoms with van der Waals surface area (Å²) in [6, 6.07) is 11.3. The summed E-state index contributed by atoms with van der Waals surface area (Å²) >= 11 is 0. The van der Waals surface area contributed by atoms with Crippen LogP contribution in [-0.4, -0.2) is 31.0 Å². The topological polar surface area (TPSA) is 53.3 Å². The average molecular weight is 232 g/mol. The summed E-state index contributed by atoms with van der Waals surface area (Å²) in [5, 5.41) is 8.66. The molecule has 1 aromatic rings. The van der Waals surface area contributed by atoms with E-state index in [2.05, 4.69) is 0 Å². The van der Waals surface area contributed by atoms with Gasteiger partial charge < -0.3 is 9.64 Å². The summed E-state index contributed by atoms with van der Waals surface area (Å²) in [5.41, 5.74) is 0.802. The standard InChI is InChI=1S/C13H16N2O2/c1-3-15(10-9-14)13(16)12(17-2)11-7-5-4-6-8-11/h4-8,12H,3,10H2,1-2H3. The molecular weight excluding hydrogens is 216 g/mol. The quantitative estimate of drug-likeness (QED) is 0.727. The second-order valence-corrected chi connectivity index (χ2v) is 3.54. The molecule has 1 unspecified atom stereocenters. The smallest absolute Gasteiger partial charge is 0.257 e. The van der Waals surface area contributed by atoms with Crippen LogP contribution >= 0.6 is 0 Å². The largest absolute Gasteiger partial charge is 0.367 e. The first-order chi connectivity index (χ1) is 8.24. The number of rotatable bonds is 5. The van der Waals surface area contributed by atoms with Gasteiger partial charge in [-0.1, -0.05) is 30.3 Å². The maximum atomic E-state index is 12.1. The van der Waals surface area contributed by atoms with Crippen LogP contribution in [0, 0.1) is 11.3 Å². The molecule has 0 aromatic heterocycles. The number of methoxy groups -OCH3 is 1. The van der Waals surface area contributed by atoms with Crippen molar-refractivity contribution in [1.29, 1.82) is 5.26 Å². The van der Waals surface area contributed by atoms with Crippen LogP contribution in [0.2, 0.25) is 0 Å². The van der Waals surface area contributed by atoms with Crippen LogP contribution in [-0.2, 0) is 9.53 Å². The Labute approximate surface area is 101 Å². The lowest BCUT2D eigenvalue weighted by molar-refractivity contribution is -0.141. The molecule has 17 heavy (non-hydrogen) atoms. The molecule has 0 aliphatic rings. The minimum atomic E-state index is -0.635. The molecule has 1 aromatic carbocycles. The Morgan fingerprint density at radius 2 is 2.12 bits per heavy atom. The van der Waals surface area contributed by atoms with Crippen molar-refractivity contribution >= 4 is 5.91 Å². The zero-order valence-electron chi connectivity index (χ0n) is 10.1. The second-order valence-electron chi connectivity index (χ2n) is 3.54. The fraction of sp³-hybridized carbons (Fsp3) is 0.385. The molecular formula is C13H16N2O2. The maximum absolute atomic E-state index is 12.1. The van der Waals surface area contributed by atoms with Crippen molar-refractivity contribution in [2.75, 3.05) is 20.2 Å². The number of carbonyl (C=O) groups is 1.